The van der Waals surface area contributed by atoms with Crippen molar-refractivity contribution < 1.29 is 0 Å². The molecule has 1 saturated heterocycles. The van der Waals surface area contributed by atoms with E-state index < -0.39 is 0 Å². The first-order valence-corrected chi connectivity index (χ1v) is 17.1. The van der Waals surface area contributed by atoms with Gasteiger partial charge in [0.15, 0.2) is 0 Å². The highest BCUT2D eigenvalue weighted by atomic mass is 15.2. The molecule has 0 unspecified atom stereocenters. The van der Waals surface area contributed by atoms with E-state index in [1.807, 2.05) is 0 Å². The standard InChI is InChI=1S/C35H68N2/c1-3-5-7-9-11-13-14-15-16-17-18-19-21-23-25-27-31-36(34-35-37-32-28-29-33-37)30-26-24-22-20-12-10-8-6-4-2/h11,13,15-16H,3-10,12,14,17-35H2,1-2H3. The van der Waals surface area contributed by atoms with E-state index in [9.17, 15) is 0 Å². The van der Waals surface area contributed by atoms with Crippen molar-refractivity contribution in [2.45, 2.75) is 162 Å². The minimum atomic E-state index is 1.12. The molecule has 0 spiro atoms. The summed E-state index contributed by atoms with van der Waals surface area (Å²) in [5, 5.41) is 0. The molecule has 0 amide bonds. The maximum absolute atomic E-state index is 2.81. The number of likely N-dealkylation sites (tertiary alicyclic amines) is 1. The lowest BCUT2D eigenvalue weighted by Gasteiger charge is -2.25. The van der Waals surface area contributed by atoms with Crippen molar-refractivity contribution in [3.05, 3.63) is 24.3 Å². The Labute approximate surface area is 234 Å². The van der Waals surface area contributed by atoms with Gasteiger partial charge < -0.3 is 9.80 Å². The van der Waals surface area contributed by atoms with Crippen LogP contribution in [0.15, 0.2) is 24.3 Å². The van der Waals surface area contributed by atoms with E-state index in [-0.39, 0.29) is 0 Å². The molecular formula is C35H68N2. The van der Waals surface area contributed by atoms with Crippen LogP contribution in [0.2, 0.25) is 0 Å². The molecule has 2 nitrogen and oxygen atoms in total. The van der Waals surface area contributed by atoms with Crippen molar-refractivity contribution >= 4 is 0 Å². The first kappa shape index (κ1) is 34.4. The van der Waals surface area contributed by atoms with Crippen LogP contribution in [0.5, 0.6) is 0 Å². The van der Waals surface area contributed by atoms with Gasteiger partial charge in [0.25, 0.3) is 0 Å². The largest absolute Gasteiger partial charge is 0.302 e. The average molecular weight is 517 g/mol. The van der Waals surface area contributed by atoms with Crippen molar-refractivity contribution in [3.8, 4) is 0 Å². The van der Waals surface area contributed by atoms with Gasteiger partial charge in [0, 0.05) is 13.1 Å². The number of hydrogen-bond acceptors (Lipinski definition) is 2. The highest BCUT2D eigenvalue weighted by molar-refractivity contribution is 4.92. The van der Waals surface area contributed by atoms with Crippen molar-refractivity contribution in [2.24, 2.45) is 0 Å². The van der Waals surface area contributed by atoms with Gasteiger partial charge in [-0.3, -0.25) is 0 Å². The third-order valence-electron chi connectivity index (χ3n) is 8.18. The maximum atomic E-state index is 2.81. The van der Waals surface area contributed by atoms with Gasteiger partial charge in [-0.2, -0.15) is 0 Å². The van der Waals surface area contributed by atoms with Crippen molar-refractivity contribution in [2.75, 3.05) is 39.3 Å². The third kappa shape index (κ3) is 24.2. The van der Waals surface area contributed by atoms with Crippen molar-refractivity contribution in [1.29, 1.82) is 0 Å². The van der Waals surface area contributed by atoms with E-state index >= 15 is 0 Å². The smallest absolute Gasteiger partial charge is 0.0109 e. The van der Waals surface area contributed by atoms with Gasteiger partial charge in [0.2, 0.25) is 0 Å². The Morgan fingerprint density at radius 3 is 1.46 bits per heavy atom. The number of allylic oxidation sites excluding steroid dienone is 4. The molecule has 1 fully saturated rings. The van der Waals surface area contributed by atoms with Gasteiger partial charge in [0.05, 0.1) is 0 Å². The van der Waals surface area contributed by atoms with Gasteiger partial charge in [-0.15, -0.1) is 0 Å². The van der Waals surface area contributed by atoms with Gasteiger partial charge in [-0.05, 0) is 84.0 Å². The quantitative estimate of drug-likeness (QED) is 0.0753. The van der Waals surface area contributed by atoms with Crippen LogP contribution in [-0.4, -0.2) is 49.1 Å². The fraction of sp³-hybridized carbons (Fsp3) is 0.886. The van der Waals surface area contributed by atoms with E-state index in [1.165, 1.54) is 181 Å². The van der Waals surface area contributed by atoms with Crippen molar-refractivity contribution in [3.63, 3.8) is 0 Å². The van der Waals surface area contributed by atoms with Crippen LogP contribution < -0.4 is 0 Å². The Bertz CT molecular complexity index is 491. The lowest BCUT2D eigenvalue weighted by Crippen LogP contribution is -2.35. The van der Waals surface area contributed by atoms with Crippen LogP contribution in [0.25, 0.3) is 0 Å². The van der Waals surface area contributed by atoms with E-state index in [1.54, 1.807) is 0 Å². The fourth-order valence-corrected chi connectivity index (χ4v) is 5.59. The molecule has 1 aliphatic heterocycles. The second kappa shape index (κ2) is 28.4. The predicted octanol–water partition coefficient (Wildman–Crippen LogP) is 10.7. The van der Waals surface area contributed by atoms with Crippen LogP contribution in [0, 0.1) is 0 Å². The summed E-state index contributed by atoms with van der Waals surface area (Å²) in [7, 11) is 0. The summed E-state index contributed by atoms with van der Waals surface area (Å²) in [4.78, 5) is 5.50. The molecule has 0 saturated carbocycles. The predicted molar refractivity (Wildman–Crippen MR) is 169 cm³/mol. The summed E-state index contributed by atoms with van der Waals surface area (Å²) in [5.41, 5.74) is 0. The highest BCUT2D eigenvalue weighted by Crippen LogP contribution is 2.13. The molecule has 0 aliphatic carbocycles. The minimum absolute atomic E-state index is 1.12. The Kier molecular flexibility index (Phi) is 26.4. The molecular weight excluding hydrogens is 448 g/mol. The molecule has 0 radical (unpaired) electrons. The molecule has 0 aromatic carbocycles. The monoisotopic (exact) mass is 517 g/mol. The molecule has 1 aliphatic rings. The van der Waals surface area contributed by atoms with Crippen LogP contribution in [0.1, 0.15) is 162 Å². The van der Waals surface area contributed by atoms with Crippen LogP contribution >= 0.6 is 0 Å². The van der Waals surface area contributed by atoms with Gasteiger partial charge >= 0.3 is 0 Å². The fourth-order valence-electron chi connectivity index (χ4n) is 5.59. The molecule has 1 rings (SSSR count). The Balaban J connectivity index is 2.02. The summed E-state index contributed by atoms with van der Waals surface area (Å²) in [6, 6.07) is 0. The van der Waals surface area contributed by atoms with Crippen molar-refractivity contribution in [1.82, 2.24) is 9.80 Å². The topological polar surface area (TPSA) is 6.48 Å². The Hall–Kier alpha value is -0.600. The second-order valence-corrected chi connectivity index (χ2v) is 11.8. The summed E-state index contributed by atoms with van der Waals surface area (Å²) in [6.45, 7) is 12.6. The minimum Gasteiger partial charge on any atom is -0.302 e. The number of unbranched alkanes of at least 4 members (excludes halogenated alkanes) is 17. The molecule has 0 atom stereocenters. The Morgan fingerprint density at radius 1 is 0.486 bits per heavy atom. The average Bonchev–Trinajstić information content (AvgIpc) is 3.44. The molecule has 218 valence electrons. The van der Waals surface area contributed by atoms with Gasteiger partial charge in [0.1, 0.15) is 0 Å². The molecule has 0 N–H and O–H groups in total. The van der Waals surface area contributed by atoms with Crippen LogP contribution in [0.4, 0.5) is 0 Å². The van der Waals surface area contributed by atoms with E-state index in [0.717, 1.165) is 6.42 Å². The van der Waals surface area contributed by atoms with Gasteiger partial charge in [-0.25, -0.2) is 0 Å². The molecule has 0 bridgehead atoms. The molecule has 0 aromatic heterocycles. The van der Waals surface area contributed by atoms with Crippen LogP contribution in [-0.2, 0) is 0 Å². The molecule has 1 heterocycles. The lowest BCUT2D eigenvalue weighted by molar-refractivity contribution is 0.217. The van der Waals surface area contributed by atoms with E-state index in [2.05, 4.69) is 48.0 Å². The Morgan fingerprint density at radius 2 is 0.919 bits per heavy atom. The zero-order chi connectivity index (χ0) is 26.5. The third-order valence-corrected chi connectivity index (χ3v) is 8.18. The van der Waals surface area contributed by atoms with Gasteiger partial charge in [-0.1, -0.05) is 128 Å². The SMILES string of the molecule is CCCCCC=CCC=CCCCCCCCCN(CCCCCCCCCCC)CCN1CCCC1. The van der Waals surface area contributed by atoms with E-state index in [0.29, 0.717) is 0 Å². The molecule has 37 heavy (non-hydrogen) atoms. The van der Waals surface area contributed by atoms with Crippen LogP contribution in [0.3, 0.4) is 0 Å². The number of nitrogens with zero attached hydrogens (tertiary/aromatic N) is 2. The molecule has 0 aromatic rings. The molecule has 2 heteroatoms. The zero-order valence-electron chi connectivity index (χ0n) is 25.7. The maximum Gasteiger partial charge on any atom is 0.0109 e. The first-order chi connectivity index (χ1) is 18.4. The zero-order valence-corrected chi connectivity index (χ0v) is 25.7. The normalized spacial score (nSPS) is 14.8. The first-order valence-electron chi connectivity index (χ1n) is 17.1. The summed E-state index contributed by atoms with van der Waals surface area (Å²) >= 11 is 0. The summed E-state index contributed by atoms with van der Waals surface area (Å²) in [6.07, 6.45) is 41.4. The highest BCUT2D eigenvalue weighted by Gasteiger charge is 2.13. The number of hydrogen-bond donors (Lipinski definition) is 0. The number of rotatable bonds is 28. The lowest BCUT2D eigenvalue weighted by atomic mass is 10.1. The summed E-state index contributed by atoms with van der Waals surface area (Å²) < 4.78 is 0. The van der Waals surface area contributed by atoms with E-state index in [4.69, 9.17) is 0 Å². The summed E-state index contributed by atoms with van der Waals surface area (Å²) in [5.74, 6) is 0. The second-order valence-electron chi connectivity index (χ2n) is 11.8.